The number of hydrogen-bond acceptors (Lipinski definition) is 4. The van der Waals surface area contributed by atoms with E-state index < -0.39 is 35.2 Å². The molecular formula is C19H15F3N4O3. The van der Waals surface area contributed by atoms with Crippen molar-refractivity contribution in [3.63, 3.8) is 0 Å². The number of ether oxygens (including phenoxy) is 1. The summed E-state index contributed by atoms with van der Waals surface area (Å²) >= 11 is 0. The molecule has 0 aliphatic carbocycles. The number of anilines is 2. The van der Waals surface area contributed by atoms with Crippen LogP contribution in [0.25, 0.3) is 0 Å². The van der Waals surface area contributed by atoms with Crippen LogP contribution >= 0.6 is 0 Å². The first-order valence-electron chi connectivity index (χ1n) is 8.37. The topological polar surface area (TPSA) is 94.5 Å². The van der Waals surface area contributed by atoms with E-state index in [0.29, 0.717) is 11.8 Å². The summed E-state index contributed by atoms with van der Waals surface area (Å²) < 4.78 is 44.4. The molecule has 1 fully saturated rings. The lowest BCUT2D eigenvalue weighted by molar-refractivity contribution is -0.137. The van der Waals surface area contributed by atoms with Gasteiger partial charge in [0.15, 0.2) is 0 Å². The van der Waals surface area contributed by atoms with Gasteiger partial charge in [-0.2, -0.15) is 18.4 Å². The summed E-state index contributed by atoms with van der Waals surface area (Å²) in [6.45, 7) is 1.47. The number of alkyl halides is 3. The van der Waals surface area contributed by atoms with Crippen molar-refractivity contribution < 1.29 is 27.5 Å². The molecule has 1 aliphatic heterocycles. The molecule has 2 aromatic rings. The molecule has 10 heteroatoms. The lowest BCUT2D eigenvalue weighted by Crippen LogP contribution is -2.45. The molecule has 29 heavy (non-hydrogen) atoms. The molecule has 150 valence electrons. The van der Waals surface area contributed by atoms with Crippen LogP contribution < -0.4 is 15.5 Å². The van der Waals surface area contributed by atoms with E-state index in [1.54, 1.807) is 30.3 Å². The molecule has 2 N–H and O–H groups in total. The summed E-state index contributed by atoms with van der Waals surface area (Å²) in [7, 11) is 0. The molecule has 0 bridgehead atoms. The van der Waals surface area contributed by atoms with E-state index in [0.717, 1.165) is 12.1 Å². The van der Waals surface area contributed by atoms with Gasteiger partial charge in [0.25, 0.3) is 0 Å². The van der Waals surface area contributed by atoms with E-state index in [-0.39, 0.29) is 12.2 Å². The van der Waals surface area contributed by atoms with Crippen molar-refractivity contribution in [2.45, 2.75) is 18.8 Å². The first kappa shape index (κ1) is 20.0. The van der Waals surface area contributed by atoms with E-state index in [2.05, 4.69) is 10.6 Å². The van der Waals surface area contributed by atoms with Gasteiger partial charge in [-0.1, -0.05) is 18.2 Å². The molecule has 1 aliphatic rings. The van der Waals surface area contributed by atoms with Gasteiger partial charge in [0.05, 0.1) is 23.7 Å². The maximum atomic E-state index is 13.0. The maximum absolute atomic E-state index is 13.0. The van der Waals surface area contributed by atoms with Crippen LogP contribution in [0.4, 0.5) is 34.1 Å². The molecule has 1 atom stereocenters. The molecule has 1 heterocycles. The van der Waals surface area contributed by atoms with Crippen molar-refractivity contribution in [2.24, 2.45) is 0 Å². The summed E-state index contributed by atoms with van der Waals surface area (Å²) in [4.78, 5) is 25.8. The van der Waals surface area contributed by atoms with E-state index in [1.165, 1.54) is 17.9 Å². The molecule has 0 aromatic heterocycles. The molecule has 0 spiro atoms. The van der Waals surface area contributed by atoms with Crippen molar-refractivity contribution in [3.05, 3.63) is 59.7 Å². The van der Waals surface area contributed by atoms with Gasteiger partial charge in [-0.3, -0.25) is 15.5 Å². The molecule has 2 aromatic carbocycles. The molecule has 3 amide bonds. The molecule has 1 saturated heterocycles. The third-order valence-electron chi connectivity index (χ3n) is 4.15. The summed E-state index contributed by atoms with van der Waals surface area (Å²) in [5.74, 6) is 0. The lowest BCUT2D eigenvalue weighted by Gasteiger charge is -2.24. The number of nitrogens with zero attached hydrogens (tertiary/aromatic N) is 2. The lowest BCUT2D eigenvalue weighted by atomic mass is 10.1. The third-order valence-corrected chi connectivity index (χ3v) is 4.15. The second-order valence-electron chi connectivity index (χ2n) is 6.47. The van der Waals surface area contributed by atoms with Crippen LogP contribution in [0.2, 0.25) is 0 Å². The van der Waals surface area contributed by atoms with Crippen molar-refractivity contribution in [1.29, 1.82) is 5.26 Å². The number of halogens is 3. The van der Waals surface area contributed by atoms with Crippen LogP contribution in [-0.4, -0.2) is 24.4 Å². The van der Waals surface area contributed by atoms with Gasteiger partial charge in [-0.15, -0.1) is 0 Å². The Morgan fingerprint density at radius 2 is 1.97 bits per heavy atom. The van der Waals surface area contributed by atoms with Crippen LogP contribution in [0.5, 0.6) is 0 Å². The average molecular weight is 404 g/mol. The largest absolute Gasteiger partial charge is 0.421 e. The Hall–Kier alpha value is -3.74. The molecule has 0 radical (unpaired) electrons. The average Bonchev–Trinajstić information content (AvgIpc) is 2.95. The Labute approximate surface area is 163 Å². The van der Waals surface area contributed by atoms with Crippen molar-refractivity contribution >= 4 is 23.5 Å². The molecule has 7 nitrogen and oxygen atoms in total. The zero-order valence-electron chi connectivity index (χ0n) is 15.1. The van der Waals surface area contributed by atoms with Gasteiger partial charge in [0.2, 0.25) is 5.72 Å². The van der Waals surface area contributed by atoms with E-state index in [9.17, 15) is 22.8 Å². The standard InChI is InChI=1S/C19H15F3N4O3/c1-18(11-26(16(27)25-18)14-5-3-2-4-6-14)29-17(28)24-13-8-7-12(10-23)15(9-13)19(20,21)22/h2-9H,11H2,1H3,(H,24,28)(H,25,27). The quantitative estimate of drug-likeness (QED) is 0.806. The van der Waals surface area contributed by atoms with Gasteiger partial charge in [0.1, 0.15) is 0 Å². The zero-order chi connectivity index (χ0) is 21.2. The van der Waals surface area contributed by atoms with Gasteiger partial charge in [0, 0.05) is 11.4 Å². The highest BCUT2D eigenvalue weighted by Gasteiger charge is 2.43. The number of hydrogen-bond donors (Lipinski definition) is 2. The van der Waals surface area contributed by atoms with E-state index in [4.69, 9.17) is 10.00 Å². The van der Waals surface area contributed by atoms with Crippen molar-refractivity contribution in [2.75, 3.05) is 16.8 Å². The summed E-state index contributed by atoms with van der Waals surface area (Å²) in [6, 6.07) is 12.4. The van der Waals surface area contributed by atoms with Crippen LogP contribution in [0.1, 0.15) is 18.1 Å². The number of carbonyl (C=O) groups excluding carboxylic acids is 2. The summed E-state index contributed by atoms with van der Waals surface area (Å²) in [5.41, 5.74) is -2.73. The Kier molecular flexibility index (Phi) is 5.07. The number of benzene rings is 2. The minimum atomic E-state index is -4.76. The third kappa shape index (κ3) is 4.40. The van der Waals surface area contributed by atoms with Crippen LogP contribution in [-0.2, 0) is 10.9 Å². The number of urea groups is 1. The first-order chi connectivity index (χ1) is 13.6. The first-order valence-corrected chi connectivity index (χ1v) is 8.37. The van der Waals surface area contributed by atoms with Gasteiger partial charge in [-0.25, -0.2) is 9.59 Å². The van der Waals surface area contributed by atoms with Gasteiger partial charge in [-0.05, 0) is 37.3 Å². The smallest absolute Gasteiger partial charge is 0.417 e. The highest BCUT2D eigenvalue weighted by Crippen LogP contribution is 2.33. The minimum Gasteiger partial charge on any atom is -0.421 e. The second kappa shape index (κ2) is 7.35. The number of amides is 3. The van der Waals surface area contributed by atoms with Crippen LogP contribution in [0.3, 0.4) is 0 Å². The number of nitriles is 1. The number of carbonyl (C=O) groups is 2. The van der Waals surface area contributed by atoms with E-state index in [1.807, 2.05) is 0 Å². The SMILES string of the molecule is CC1(OC(=O)Nc2ccc(C#N)c(C(F)(F)F)c2)CN(c2ccccc2)C(=O)N1. The fourth-order valence-corrected chi connectivity index (χ4v) is 2.88. The predicted octanol–water partition coefficient (Wildman–Crippen LogP) is 4.07. The predicted molar refractivity (Wildman–Crippen MR) is 97.0 cm³/mol. The number of nitrogens with one attached hydrogen (secondary N) is 2. The van der Waals surface area contributed by atoms with E-state index >= 15 is 0 Å². The van der Waals surface area contributed by atoms with Crippen LogP contribution in [0.15, 0.2) is 48.5 Å². The monoisotopic (exact) mass is 404 g/mol. The molecule has 0 saturated carbocycles. The fourth-order valence-electron chi connectivity index (χ4n) is 2.88. The minimum absolute atomic E-state index is 0.00440. The van der Waals surface area contributed by atoms with Crippen LogP contribution in [0, 0.1) is 11.3 Å². The Morgan fingerprint density at radius 1 is 1.28 bits per heavy atom. The Bertz CT molecular complexity index is 988. The van der Waals surface area contributed by atoms with Crippen molar-refractivity contribution in [3.8, 4) is 6.07 Å². The Balaban J connectivity index is 1.71. The molecule has 1 unspecified atom stereocenters. The number of rotatable bonds is 3. The molecular weight excluding hydrogens is 389 g/mol. The highest BCUT2D eigenvalue weighted by atomic mass is 19.4. The van der Waals surface area contributed by atoms with Gasteiger partial charge < -0.3 is 4.74 Å². The highest BCUT2D eigenvalue weighted by molar-refractivity contribution is 5.95. The summed E-state index contributed by atoms with van der Waals surface area (Å²) in [5, 5.41) is 13.5. The second-order valence-corrected chi connectivity index (χ2v) is 6.47. The fraction of sp³-hybridized carbons (Fsp3) is 0.211. The normalized spacial score (nSPS) is 18.7. The number of para-hydroxylation sites is 1. The Morgan fingerprint density at radius 3 is 2.59 bits per heavy atom. The maximum Gasteiger partial charge on any atom is 0.417 e. The zero-order valence-corrected chi connectivity index (χ0v) is 15.1. The van der Waals surface area contributed by atoms with Crippen molar-refractivity contribution in [1.82, 2.24) is 5.32 Å². The molecule has 3 rings (SSSR count). The van der Waals surface area contributed by atoms with Gasteiger partial charge >= 0.3 is 18.3 Å². The summed E-state index contributed by atoms with van der Waals surface area (Å²) in [6.07, 6.45) is -5.81.